The largest absolute Gasteiger partial charge is 0.493 e. The molecule has 1 amide bonds. The summed E-state index contributed by atoms with van der Waals surface area (Å²) in [5.41, 5.74) is 0.678. The smallest absolute Gasteiger partial charge is 0.254 e. The fourth-order valence-electron chi connectivity index (χ4n) is 2.37. The molecule has 0 aliphatic carbocycles. The molecule has 0 bridgehead atoms. The predicted molar refractivity (Wildman–Crippen MR) is 101 cm³/mol. The van der Waals surface area contributed by atoms with Gasteiger partial charge in [0.15, 0.2) is 17.3 Å². The monoisotopic (exact) mass is 364 g/mol. The van der Waals surface area contributed by atoms with E-state index in [4.69, 9.17) is 14.2 Å². The van der Waals surface area contributed by atoms with E-state index >= 15 is 0 Å². The molecule has 0 aliphatic rings. The van der Waals surface area contributed by atoms with Crippen LogP contribution in [0.3, 0.4) is 0 Å². The average Bonchev–Trinajstić information content (AvgIpc) is 2.61. The zero-order valence-electron chi connectivity index (χ0n) is 16.3. The highest BCUT2D eigenvalue weighted by Crippen LogP contribution is 2.38. The van der Waals surface area contributed by atoms with Crippen molar-refractivity contribution in [1.29, 1.82) is 0 Å². The fourth-order valence-corrected chi connectivity index (χ4v) is 2.37. The summed E-state index contributed by atoms with van der Waals surface area (Å²) in [6, 6.07) is 3.37. The van der Waals surface area contributed by atoms with Gasteiger partial charge in [0, 0.05) is 6.54 Å². The molecule has 26 heavy (non-hydrogen) atoms. The van der Waals surface area contributed by atoms with Crippen molar-refractivity contribution in [2.75, 3.05) is 48.5 Å². The molecule has 0 radical (unpaired) electrons. The van der Waals surface area contributed by atoms with Crippen molar-refractivity contribution in [3.63, 3.8) is 0 Å². The fraction of sp³-hybridized carbons (Fsp3) is 0.474. The minimum atomic E-state index is -0.398. The predicted octanol–water partition coefficient (Wildman–Crippen LogP) is 1.75. The second-order valence-corrected chi connectivity index (χ2v) is 5.99. The summed E-state index contributed by atoms with van der Waals surface area (Å²) in [5.74, 6) is 0.637. The number of nitrogens with one attached hydrogen (secondary N) is 1. The Morgan fingerprint density at radius 3 is 2.08 bits per heavy atom. The lowest BCUT2D eigenvalue weighted by Crippen LogP contribution is -2.30. The third-order valence-corrected chi connectivity index (χ3v) is 3.69. The number of ether oxygens (including phenoxy) is 3. The van der Waals surface area contributed by atoms with E-state index in [1.54, 1.807) is 12.1 Å². The molecular formula is C19H28N2O5. The van der Waals surface area contributed by atoms with Gasteiger partial charge in [0.1, 0.15) is 0 Å². The van der Waals surface area contributed by atoms with Crippen molar-refractivity contribution in [1.82, 2.24) is 10.2 Å². The van der Waals surface area contributed by atoms with Crippen molar-refractivity contribution >= 4 is 17.8 Å². The lowest BCUT2D eigenvalue weighted by atomic mass is 10.1. The Kier molecular flexibility index (Phi) is 8.64. The standard InChI is InChI=1S/C19H28N2O5/c1-13(22)15(19(23)20-8-7-9-21(2)3)10-14-11-16(24-4)18(26-6)17(12-14)25-5/h10-12H,7-9H2,1-6H3,(H,20,23)/b15-10+. The van der Waals surface area contributed by atoms with Crippen molar-refractivity contribution in [2.24, 2.45) is 0 Å². The van der Waals surface area contributed by atoms with Gasteiger partial charge in [0.2, 0.25) is 5.75 Å². The normalized spacial score (nSPS) is 11.3. The van der Waals surface area contributed by atoms with Crippen LogP contribution in [-0.2, 0) is 9.59 Å². The van der Waals surface area contributed by atoms with E-state index in [0.717, 1.165) is 13.0 Å². The Hall–Kier alpha value is -2.54. The average molecular weight is 364 g/mol. The molecule has 0 heterocycles. The maximum Gasteiger partial charge on any atom is 0.254 e. The first kappa shape index (κ1) is 21.5. The number of hydrogen-bond donors (Lipinski definition) is 1. The molecule has 144 valence electrons. The summed E-state index contributed by atoms with van der Waals surface area (Å²) in [7, 11) is 8.46. The van der Waals surface area contributed by atoms with Gasteiger partial charge in [-0.15, -0.1) is 0 Å². The van der Waals surface area contributed by atoms with Crippen LogP contribution in [0.2, 0.25) is 0 Å². The molecule has 7 heteroatoms. The number of benzene rings is 1. The topological polar surface area (TPSA) is 77.1 Å². The molecule has 1 aromatic carbocycles. The van der Waals surface area contributed by atoms with E-state index in [0.29, 0.717) is 29.4 Å². The molecular weight excluding hydrogens is 336 g/mol. The van der Waals surface area contributed by atoms with E-state index in [-0.39, 0.29) is 11.4 Å². The summed E-state index contributed by atoms with van der Waals surface area (Å²) in [6.07, 6.45) is 2.32. The lowest BCUT2D eigenvalue weighted by molar-refractivity contribution is -0.121. The van der Waals surface area contributed by atoms with E-state index < -0.39 is 5.91 Å². The molecule has 0 fully saturated rings. The highest BCUT2D eigenvalue weighted by atomic mass is 16.5. The molecule has 0 aromatic heterocycles. The van der Waals surface area contributed by atoms with E-state index in [1.807, 2.05) is 19.0 Å². The molecule has 0 saturated carbocycles. The molecule has 0 atom stereocenters. The highest BCUT2D eigenvalue weighted by Gasteiger charge is 2.17. The van der Waals surface area contributed by atoms with E-state index in [9.17, 15) is 9.59 Å². The van der Waals surface area contributed by atoms with E-state index in [2.05, 4.69) is 5.32 Å². The Balaban J connectivity index is 3.08. The number of methoxy groups -OCH3 is 3. The number of Topliss-reactive ketones (excluding diaryl/α,β-unsaturated/α-hetero) is 1. The molecule has 0 saturated heterocycles. The number of nitrogens with zero attached hydrogens (tertiary/aromatic N) is 1. The number of carbonyl (C=O) groups is 2. The molecule has 0 spiro atoms. The van der Waals surface area contributed by atoms with Gasteiger partial charge in [-0.05, 0) is 57.8 Å². The second-order valence-electron chi connectivity index (χ2n) is 5.99. The molecule has 1 aromatic rings. The molecule has 1 N–H and O–H groups in total. The molecule has 0 unspecified atom stereocenters. The Bertz CT molecular complexity index is 643. The summed E-state index contributed by atoms with van der Waals surface area (Å²) in [4.78, 5) is 26.3. The van der Waals surface area contributed by atoms with Crippen LogP contribution in [0.4, 0.5) is 0 Å². The first-order valence-electron chi connectivity index (χ1n) is 8.29. The third-order valence-electron chi connectivity index (χ3n) is 3.69. The van der Waals surface area contributed by atoms with Crippen molar-refractivity contribution in [3.8, 4) is 17.2 Å². The van der Waals surface area contributed by atoms with Gasteiger partial charge in [0.25, 0.3) is 5.91 Å². The maximum absolute atomic E-state index is 12.4. The summed E-state index contributed by atoms with van der Waals surface area (Å²) in [6.45, 7) is 2.71. The van der Waals surface area contributed by atoms with Gasteiger partial charge in [-0.3, -0.25) is 9.59 Å². The first-order chi connectivity index (χ1) is 12.3. The molecule has 1 rings (SSSR count). The van der Waals surface area contributed by atoms with Crippen LogP contribution in [0.25, 0.3) is 6.08 Å². The number of hydrogen-bond acceptors (Lipinski definition) is 6. The first-order valence-corrected chi connectivity index (χ1v) is 8.29. The van der Waals surface area contributed by atoms with Crippen LogP contribution in [0.5, 0.6) is 17.2 Å². The van der Waals surface area contributed by atoms with Gasteiger partial charge >= 0.3 is 0 Å². The van der Waals surface area contributed by atoms with Crippen LogP contribution in [0.1, 0.15) is 18.9 Å². The number of carbonyl (C=O) groups excluding carboxylic acids is 2. The SMILES string of the molecule is COc1cc(/C=C(\C(C)=O)C(=O)NCCCN(C)C)cc(OC)c1OC. The minimum absolute atomic E-state index is 0.0733. The Morgan fingerprint density at radius 1 is 1.08 bits per heavy atom. The zero-order valence-corrected chi connectivity index (χ0v) is 16.3. The van der Waals surface area contributed by atoms with Gasteiger partial charge in [-0.25, -0.2) is 0 Å². The second kappa shape index (κ2) is 10.5. The molecule has 0 aliphatic heterocycles. The summed E-state index contributed by atoms with van der Waals surface area (Å²) < 4.78 is 15.9. The quantitative estimate of drug-likeness (QED) is 0.295. The number of amides is 1. The van der Waals surface area contributed by atoms with Crippen molar-refractivity contribution < 1.29 is 23.8 Å². The van der Waals surface area contributed by atoms with Crippen LogP contribution < -0.4 is 19.5 Å². The minimum Gasteiger partial charge on any atom is -0.493 e. The summed E-state index contributed by atoms with van der Waals surface area (Å²) >= 11 is 0. The summed E-state index contributed by atoms with van der Waals surface area (Å²) in [5, 5.41) is 2.78. The third kappa shape index (κ3) is 6.07. The van der Waals surface area contributed by atoms with Crippen LogP contribution in [0.15, 0.2) is 17.7 Å². The maximum atomic E-state index is 12.4. The van der Waals surface area contributed by atoms with Crippen molar-refractivity contribution in [2.45, 2.75) is 13.3 Å². The van der Waals surface area contributed by atoms with Crippen LogP contribution in [0, 0.1) is 0 Å². The Morgan fingerprint density at radius 2 is 1.65 bits per heavy atom. The van der Waals surface area contributed by atoms with Crippen molar-refractivity contribution in [3.05, 3.63) is 23.3 Å². The van der Waals surface area contributed by atoms with Gasteiger partial charge in [0.05, 0.1) is 26.9 Å². The van der Waals surface area contributed by atoms with Crippen LogP contribution >= 0.6 is 0 Å². The lowest BCUT2D eigenvalue weighted by Gasteiger charge is -2.13. The van der Waals surface area contributed by atoms with Gasteiger partial charge in [-0.2, -0.15) is 0 Å². The number of ketones is 1. The van der Waals surface area contributed by atoms with Gasteiger partial charge < -0.3 is 24.4 Å². The highest BCUT2D eigenvalue weighted by molar-refractivity contribution is 6.21. The zero-order chi connectivity index (χ0) is 19.7. The van der Waals surface area contributed by atoms with Crippen LogP contribution in [-0.4, -0.2) is 65.1 Å². The van der Waals surface area contributed by atoms with E-state index in [1.165, 1.54) is 34.3 Å². The molecule has 7 nitrogen and oxygen atoms in total. The Labute approximate surface area is 154 Å². The van der Waals surface area contributed by atoms with Gasteiger partial charge in [-0.1, -0.05) is 0 Å². The number of rotatable bonds is 10.